The molecule has 0 saturated heterocycles. The third kappa shape index (κ3) is 1.13. The summed E-state index contributed by atoms with van der Waals surface area (Å²) in [6.07, 6.45) is 0. The minimum absolute atomic E-state index is 0.629. The van der Waals surface area contributed by atoms with Crippen molar-refractivity contribution >= 4 is 22.3 Å². The lowest BCUT2D eigenvalue weighted by Gasteiger charge is -1.85. The zero-order valence-electron chi connectivity index (χ0n) is 5.43. The Morgan fingerprint density at radius 2 is 2.33 bits per heavy atom. The topological polar surface area (TPSA) is 50.9 Å². The van der Waals surface area contributed by atoms with Gasteiger partial charge < -0.3 is 11.1 Å². The minimum Gasteiger partial charge on any atom is -0.383 e. The molecule has 1 heterocycles. The quantitative estimate of drug-likeness (QED) is 0.618. The Kier molecular flexibility index (Phi) is 1.57. The van der Waals surface area contributed by atoms with Crippen LogP contribution in [0.5, 0.6) is 0 Å². The van der Waals surface area contributed by atoms with Crippen molar-refractivity contribution < 1.29 is 0 Å². The normalized spacial score (nSPS) is 9.56. The van der Waals surface area contributed by atoms with Gasteiger partial charge in [-0.25, -0.2) is 4.98 Å². The van der Waals surface area contributed by atoms with Crippen LogP contribution in [0.2, 0.25) is 0 Å². The van der Waals surface area contributed by atoms with E-state index in [1.807, 2.05) is 14.0 Å². The third-order valence-corrected chi connectivity index (χ3v) is 2.05. The van der Waals surface area contributed by atoms with Crippen molar-refractivity contribution in [2.75, 3.05) is 18.1 Å². The van der Waals surface area contributed by atoms with Gasteiger partial charge in [0.15, 0.2) is 5.13 Å². The Bertz CT molecular complexity index is 186. The summed E-state index contributed by atoms with van der Waals surface area (Å²) in [5, 5.41) is 3.80. The number of hydrogen-bond donors (Lipinski definition) is 2. The van der Waals surface area contributed by atoms with Crippen molar-refractivity contribution in [3.05, 3.63) is 4.88 Å². The van der Waals surface area contributed by atoms with Crippen LogP contribution in [-0.2, 0) is 0 Å². The van der Waals surface area contributed by atoms with E-state index in [2.05, 4.69) is 10.3 Å². The SMILES string of the molecule is CNc1nc(N)c(C)s1. The van der Waals surface area contributed by atoms with Crippen LogP contribution in [0.3, 0.4) is 0 Å². The number of thiazole rings is 1. The average molecular weight is 143 g/mol. The van der Waals surface area contributed by atoms with E-state index >= 15 is 0 Å². The summed E-state index contributed by atoms with van der Waals surface area (Å²) >= 11 is 1.57. The number of nitrogens with two attached hydrogens (primary N) is 1. The first-order chi connectivity index (χ1) is 4.24. The van der Waals surface area contributed by atoms with Crippen LogP contribution in [-0.4, -0.2) is 12.0 Å². The Hall–Kier alpha value is -0.770. The number of anilines is 2. The van der Waals surface area contributed by atoms with Crippen molar-refractivity contribution in [3.63, 3.8) is 0 Å². The molecule has 0 fully saturated rings. The maximum atomic E-state index is 5.48. The summed E-state index contributed by atoms with van der Waals surface area (Å²) in [6, 6.07) is 0. The summed E-state index contributed by atoms with van der Waals surface area (Å²) in [5.74, 6) is 0.629. The second kappa shape index (κ2) is 2.23. The van der Waals surface area contributed by atoms with Gasteiger partial charge in [0.25, 0.3) is 0 Å². The van der Waals surface area contributed by atoms with E-state index in [1.54, 1.807) is 11.3 Å². The van der Waals surface area contributed by atoms with Crippen molar-refractivity contribution in [1.29, 1.82) is 0 Å². The first-order valence-electron chi connectivity index (χ1n) is 2.64. The first-order valence-corrected chi connectivity index (χ1v) is 3.46. The molecule has 0 atom stereocenters. The molecule has 0 spiro atoms. The molecule has 0 aliphatic rings. The van der Waals surface area contributed by atoms with Gasteiger partial charge in [0.05, 0.1) is 0 Å². The molecule has 0 amide bonds. The monoisotopic (exact) mass is 143 g/mol. The summed E-state index contributed by atoms with van der Waals surface area (Å²) in [4.78, 5) is 5.08. The Morgan fingerprint density at radius 3 is 2.56 bits per heavy atom. The number of rotatable bonds is 1. The second-order valence-corrected chi connectivity index (χ2v) is 2.91. The average Bonchev–Trinajstić information content (AvgIpc) is 2.13. The van der Waals surface area contributed by atoms with E-state index < -0.39 is 0 Å². The number of nitrogens with zero attached hydrogens (tertiary/aromatic N) is 1. The van der Waals surface area contributed by atoms with E-state index in [1.165, 1.54) is 0 Å². The summed E-state index contributed by atoms with van der Waals surface area (Å²) < 4.78 is 0. The summed E-state index contributed by atoms with van der Waals surface area (Å²) in [7, 11) is 1.83. The van der Waals surface area contributed by atoms with Gasteiger partial charge in [0.1, 0.15) is 5.82 Å². The number of aromatic nitrogens is 1. The van der Waals surface area contributed by atoms with Crippen LogP contribution in [0.15, 0.2) is 0 Å². The lowest BCUT2D eigenvalue weighted by Crippen LogP contribution is -1.88. The molecule has 9 heavy (non-hydrogen) atoms. The van der Waals surface area contributed by atoms with Crippen LogP contribution < -0.4 is 11.1 Å². The van der Waals surface area contributed by atoms with Gasteiger partial charge in [0.2, 0.25) is 0 Å². The maximum absolute atomic E-state index is 5.48. The van der Waals surface area contributed by atoms with Crippen LogP contribution >= 0.6 is 11.3 Å². The zero-order chi connectivity index (χ0) is 6.85. The molecular formula is C5H9N3S. The molecule has 3 nitrogen and oxygen atoms in total. The number of nitrogen functional groups attached to an aromatic ring is 1. The third-order valence-electron chi connectivity index (χ3n) is 1.05. The number of aryl methyl sites for hydroxylation is 1. The van der Waals surface area contributed by atoms with Gasteiger partial charge in [0, 0.05) is 11.9 Å². The Labute approximate surface area is 57.9 Å². The van der Waals surface area contributed by atoms with Crippen molar-refractivity contribution in [2.45, 2.75) is 6.92 Å². The van der Waals surface area contributed by atoms with Crippen molar-refractivity contribution in [3.8, 4) is 0 Å². The molecule has 1 aromatic heterocycles. The predicted molar refractivity (Wildman–Crippen MR) is 40.8 cm³/mol. The fourth-order valence-corrected chi connectivity index (χ4v) is 1.20. The lowest BCUT2D eigenvalue weighted by atomic mass is 10.6. The van der Waals surface area contributed by atoms with E-state index in [0.717, 1.165) is 10.0 Å². The predicted octanol–water partition coefficient (Wildman–Crippen LogP) is 1.08. The second-order valence-electron chi connectivity index (χ2n) is 1.71. The molecule has 0 unspecified atom stereocenters. The van der Waals surface area contributed by atoms with Gasteiger partial charge in [-0.2, -0.15) is 0 Å². The molecule has 0 radical (unpaired) electrons. The summed E-state index contributed by atoms with van der Waals surface area (Å²) in [6.45, 7) is 1.95. The van der Waals surface area contributed by atoms with Crippen LogP contribution in [0, 0.1) is 6.92 Å². The highest BCUT2D eigenvalue weighted by Gasteiger charge is 1.99. The standard InChI is InChI=1S/C5H9N3S/c1-3-4(6)8-5(7-2)9-3/h6H2,1-2H3,(H,7,8). The van der Waals surface area contributed by atoms with Gasteiger partial charge in [-0.1, -0.05) is 0 Å². The Morgan fingerprint density at radius 1 is 1.67 bits per heavy atom. The highest BCUT2D eigenvalue weighted by Crippen LogP contribution is 2.22. The molecule has 4 heteroatoms. The van der Waals surface area contributed by atoms with E-state index in [0.29, 0.717) is 5.82 Å². The van der Waals surface area contributed by atoms with Gasteiger partial charge in [-0.3, -0.25) is 0 Å². The first kappa shape index (κ1) is 6.35. The molecule has 3 N–H and O–H groups in total. The van der Waals surface area contributed by atoms with Gasteiger partial charge in [-0.05, 0) is 6.92 Å². The van der Waals surface area contributed by atoms with Crippen molar-refractivity contribution in [1.82, 2.24) is 4.98 Å². The largest absolute Gasteiger partial charge is 0.383 e. The fraction of sp³-hybridized carbons (Fsp3) is 0.400. The van der Waals surface area contributed by atoms with Crippen molar-refractivity contribution in [2.24, 2.45) is 0 Å². The van der Waals surface area contributed by atoms with Crippen LogP contribution in [0.1, 0.15) is 4.88 Å². The molecule has 50 valence electrons. The molecule has 0 aromatic carbocycles. The smallest absolute Gasteiger partial charge is 0.184 e. The lowest BCUT2D eigenvalue weighted by molar-refractivity contribution is 1.35. The Balaban J connectivity index is 2.98. The highest BCUT2D eigenvalue weighted by molar-refractivity contribution is 7.16. The molecule has 1 aromatic rings. The molecule has 0 aliphatic heterocycles. The number of hydrogen-bond acceptors (Lipinski definition) is 4. The van der Waals surface area contributed by atoms with E-state index in [9.17, 15) is 0 Å². The van der Waals surface area contributed by atoms with E-state index in [4.69, 9.17) is 5.73 Å². The van der Waals surface area contributed by atoms with E-state index in [-0.39, 0.29) is 0 Å². The highest BCUT2D eigenvalue weighted by atomic mass is 32.1. The zero-order valence-corrected chi connectivity index (χ0v) is 6.25. The molecular weight excluding hydrogens is 134 g/mol. The maximum Gasteiger partial charge on any atom is 0.184 e. The molecule has 1 rings (SSSR count). The fourth-order valence-electron chi connectivity index (χ4n) is 0.515. The van der Waals surface area contributed by atoms with Crippen LogP contribution in [0.4, 0.5) is 10.9 Å². The molecule has 0 bridgehead atoms. The molecule has 0 saturated carbocycles. The van der Waals surface area contributed by atoms with Gasteiger partial charge >= 0.3 is 0 Å². The van der Waals surface area contributed by atoms with Crippen LogP contribution in [0.25, 0.3) is 0 Å². The number of nitrogens with one attached hydrogen (secondary N) is 1. The molecule has 0 aliphatic carbocycles. The van der Waals surface area contributed by atoms with Gasteiger partial charge in [-0.15, -0.1) is 11.3 Å². The summed E-state index contributed by atoms with van der Waals surface area (Å²) in [5.41, 5.74) is 5.48. The minimum atomic E-state index is 0.629.